The monoisotopic (exact) mass is 223 g/mol. The van der Waals surface area contributed by atoms with Gasteiger partial charge in [-0.15, -0.1) is 0 Å². The summed E-state index contributed by atoms with van der Waals surface area (Å²) in [7, 11) is 1.80. The minimum atomic E-state index is -0.0402. The Hall–Kier alpha value is -1.85. The van der Waals surface area contributed by atoms with Crippen molar-refractivity contribution in [2.24, 2.45) is 0 Å². The number of aromatic nitrogens is 2. The average molecular weight is 223 g/mol. The zero-order valence-electron chi connectivity index (χ0n) is 9.82. The first-order valence-electron chi connectivity index (χ1n) is 5.11. The minimum absolute atomic E-state index is 0.0402. The Balaban J connectivity index is 2.76. The van der Waals surface area contributed by atoms with Crippen LogP contribution in [0.5, 0.6) is 0 Å². The third-order valence-electron chi connectivity index (χ3n) is 2.21. The molecule has 88 valence electrons. The molecule has 0 unspecified atom stereocenters. The standard InChI is InChI=1S/C10H17N5O/c1-4-12-8(16)5-15(3)10-7(2)9(11)13-6-14-10/h6H,4-5H2,1-3H3,(H,12,16)(H2,11,13,14). The normalized spacial score (nSPS) is 9.94. The molecule has 1 rings (SSSR count). The van der Waals surface area contributed by atoms with E-state index in [1.807, 2.05) is 13.8 Å². The van der Waals surface area contributed by atoms with Crippen LogP contribution < -0.4 is 16.0 Å². The van der Waals surface area contributed by atoms with E-state index in [0.29, 0.717) is 18.2 Å². The lowest BCUT2D eigenvalue weighted by Gasteiger charge is -2.19. The van der Waals surface area contributed by atoms with E-state index in [0.717, 1.165) is 5.56 Å². The Labute approximate surface area is 94.9 Å². The van der Waals surface area contributed by atoms with Gasteiger partial charge in [0, 0.05) is 19.2 Å². The van der Waals surface area contributed by atoms with Crippen LogP contribution in [0.25, 0.3) is 0 Å². The molecule has 0 aromatic carbocycles. The van der Waals surface area contributed by atoms with E-state index < -0.39 is 0 Å². The fourth-order valence-corrected chi connectivity index (χ4v) is 1.38. The molecule has 0 radical (unpaired) electrons. The van der Waals surface area contributed by atoms with E-state index in [-0.39, 0.29) is 12.5 Å². The highest BCUT2D eigenvalue weighted by atomic mass is 16.2. The summed E-state index contributed by atoms with van der Waals surface area (Å²) in [4.78, 5) is 21.1. The number of carbonyl (C=O) groups excluding carboxylic acids is 1. The zero-order valence-corrected chi connectivity index (χ0v) is 9.82. The maximum absolute atomic E-state index is 11.4. The number of amides is 1. The van der Waals surface area contributed by atoms with E-state index in [4.69, 9.17) is 5.73 Å². The van der Waals surface area contributed by atoms with Gasteiger partial charge in [-0.1, -0.05) is 0 Å². The van der Waals surface area contributed by atoms with Crippen LogP contribution in [0.15, 0.2) is 6.33 Å². The molecule has 3 N–H and O–H groups in total. The molecule has 16 heavy (non-hydrogen) atoms. The van der Waals surface area contributed by atoms with Gasteiger partial charge in [-0.2, -0.15) is 0 Å². The molecule has 0 fully saturated rings. The third kappa shape index (κ3) is 2.82. The number of nitrogen functional groups attached to an aromatic ring is 1. The molecule has 0 spiro atoms. The summed E-state index contributed by atoms with van der Waals surface area (Å²) >= 11 is 0. The van der Waals surface area contributed by atoms with Crippen molar-refractivity contribution in [3.05, 3.63) is 11.9 Å². The summed E-state index contributed by atoms with van der Waals surface area (Å²) in [6, 6.07) is 0. The second-order valence-electron chi connectivity index (χ2n) is 3.52. The maximum Gasteiger partial charge on any atom is 0.239 e. The van der Waals surface area contributed by atoms with Crippen LogP contribution in [0, 0.1) is 6.92 Å². The number of nitrogens with zero attached hydrogens (tertiary/aromatic N) is 3. The van der Waals surface area contributed by atoms with Crippen molar-refractivity contribution in [3.63, 3.8) is 0 Å². The first kappa shape index (κ1) is 12.2. The predicted molar refractivity (Wildman–Crippen MR) is 63.1 cm³/mol. The smallest absolute Gasteiger partial charge is 0.239 e. The largest absolute Gasteiger partial charge is 0.383 e. The van der Waals surface area contributed by atoms with Crippen LogP contribution in [0.3, 0.4) is 0 Å². The summed E-state index contributed by atoms with van der Waals surface area (Å²) in [5.41, 5.74) is 6.46. The van der Waals surface area contributed by atoms with Gasteiger partial charge in [-0.3, -0.25) is 4.79 Å². The second-order valence-corrected chi connectivity index (χ2v) is 3.52. The summed E-state index contributed by atoms with van der Waals surface area (Å²) in [6.45, 7) is 4.59. The van der Waals surface area contributed by atoms with Crippen LogP contribution in [-0.4, -0.2) is 36.0 Å². The summed E-state index contributed by atoms with van der Waals surface area (Å²) in [6.07, 6.45) is 1.39. The molecule has 6 nitrogen and oxygen atoms in total. The number of nitrogens with two attached hydrogens (primary N) is 1. The molecule has 0 aliphatic rings. The van der Waals surface area contributed by atoms with Crippen molar-refractivity contribution in [3.8, 4) is 0 Å². The molecule has 1 heterocycles. The molecule has 1 aromatic rings. The molecule has 0 saturated heterocycles. The molecule has 1 aromatic heterocycles. The molecule has 0 bridgehead atoms. The Bertz CT molecular complexity index is 379. The second kappa shape index (κ2) is 5.29. The summed E-state index contributed by atoms with van der Waals surface area (Å²) in [5.74, 6) is 1.08. The van der Waals surface area contributed by atoms with E-state index in [1.54, 1.807) is 11.9 Å². The van der Waals surface area contributed by atoms with Crippen LogP contribution in [0.4, 0.5) is 11.6 Å². The van der Waals surface area contributed by atoms with Crippen molar-refractivity contribution in [1.29, 1.82) is 0 Å². The summed E-state index contributed by atoms with van der Waals surface area (Å²) < 4.78 is 0. The van der Waals surface area contributed by atoms with Gasteiger partial charge in [0.25, 0.3) is 0 Å². The van der Waals surface area contributed by atoms with Gasteiger partial charge in [-0.25, -0.2) is 9.97 Å². The Morgan fingerprint density at radius 2 is 2.25 bits per heavy atom. The van der Waals surface area contributed by atoms with Crippen molar-refractivity contribution in [2.45, 2.75) is 13.8 Å². The van der Waals surface area contributed by atoms with E-state index in [9.17, 15) is 4.79 Å². The van der Waals surface area contributed by atoms with Crippen LogP contribution in [0.1, 0.15) is 12.5 Å². The molecule has 0 saturated carbocycles. The Morgan fingerprint density at radius 3 is 2.88 bits per heavy atom. The number of hydrogen-bond acceptors (Lipinski definition) is 5. The van der Waals surface area contributed by atoms with Crippen molar-refractivity contribution >= 4 is 17.5 Å². The van der Waals surface area contributed by atoms with Gasteiger partial charge >= 0.3 is 0 Å². The lowest BCUT2D eigenvalue weighted by atomic mass is 10.3. The topological polar surface area (TPSA) is 84.1 Å². The molecular formula is C10H17N5O. The average Bonchev–Trinajstić information content (AvgIpc) is 2.22. The van der Waals surface area contributed by atoms with Crippen molar-refractivity contribution < 1.29 is 4.79 Å². The summed E-state index contributed by atoms with van der Waals surface area (Å²) in [5, 5.41) is 2.73. The highest BCUT2D eigenvalue weighted by Gasteiger charge is 2.11. The van der Waals surface area contributed by atoms with E-state index in [2.05, 4.69) is 15.3 Å². The quantitative estimate of drug-likeness (QED) is 0.747. The van der Waals surface area contributed by atoms with E-state index in [1.165, 1.54) is 6.33 Å². The van der Waals surface area contributed by atoms with E-state index >= 15 is 0 Å². The molecule has 1 amide bonds. The molecule has 0 atom stereocenters. The molecule has 0 aliphatic heterocycles. The van der Waals surface area contributed by atoms with Crippen LogP contribution in [0.2, 0.25) is 0 Å². The Kier molecular flexibility index (Phi) is 4.04. The molecule has 0 aliphatic carbocycles. The highest BCUT2D eigenvalue weighted by molar-refractivity contribution is 5.81. The highest BCUT2D eigenvalue weighted by Crippen LogP contribution is 2.18. The fraction of sp³-hybridized carbons (Fsp3) is 0.500. The van der Waals surface area contributed by atoms with Crippen LogP contribution >= 0.6 is 0 Å². The van der Waals surface area contributed by atoms with Gasteiger partial charge in [0.15, 0.2) is 0 Å². The first-order chi connectivity index (χ1) is 7.56. The van der Waals surface area contributed by atoms with Gasteiger partial charge in [0.2, 0.25) is 5.91 Å². The van der Waals surface area contributed by atoms with Gasteiger partial charge in [0.05, 0.1) is 6.54 Å². The van der Waals surface area contributed by atoms with Crippen molar-refractivity contribution in [2.75, 3.05) is 30.8 Å². The Morgan fingerprint density at radius 1 is 1.56 bits per heavy atom. The number of rotatable bonds is 4. The van der Waals surface area contributed by atoms with Gasteiger partial charge in [-0.05, 0) is 13.8 Å². The van der Waals surface area contributed by atoms with Gasteiger partial charge < -0.3 is 16.0 Å². The van der Waals surface area contributed by atoms with Crippen molar-refractivity contribution in [1.82, 2.24) is 15.3 Å². The predicted octanol–water partition coefficient (Wildman–Crippen LogP) is -0.0605. The SMILES string of the molecule is CCNC(=O)CN(C)c1ncnc(N)c1C. The molecule has 6 heteroatoms. The minimum Gasteiger partial charge on any atom is -0.383 e. The number of hydrogen-bond donors (Lipinski definition) is 2. The number of likely N-dealkylation sites (N-methyl/N-ethyl adjacent to an activating group) is 2. The zero-order chi connectivity index (χ0) is 12.1. The third-order valence-corrected chi connectivity index (χ3v) is 2.21. The lowest BCUT2D eigenvalue weighted by molar-refractivity contribution is -0.119. The first-order valence-corrected chi connectivity index (χ1v) is 5.11. The molecular weight excluding hydrogens is 206 g/mol. The number of carbonyl (C=O) groups is 1. The fourth-order valence-electron chi connectivity index (χ4n) is 1.38. The maximum atomic E-state index is 11.4. The van der Waals surface area contributed by atoms with Crippen LogP contribution in [-0.2, 0) is 4.79 Å². The number of anilines is 2. The van der Waals surface area contributed by atoms with Gasteiger partial charge in [0.1, 0.15) is 18.0 Å². The lowest BCUT2D eigenvalue weighted by Crippen LogP contribution is -2.35. The number of nitrogens with one attached hydrogen (secondary N) is 1.